The van der Waals surface area contributed by atoms with Crippen LogP contribution in [0.15, 0.2) is 24.3 Å². The van der Waals surface area contributed by atoms with Crippen molar-refractivity contribution in [3.63, 3.8) is 0 Å². The van der Waals surface area contributed by atoms with E-state index in [1.54, 1.807) is 0 Å². The molecule has 1 saturated heterocycles. The van der Waals surface area contributed by atoms with E-state index in [1.165, 1.54) is 11.1 Å². The lowest BCUT2D eigenvalue weighted by atomic mass is 9.72. The first-order chi connectivity index (χ1) is 8.27. The first kappa shape index (κ1) is 11.2. The third-order valence-corrected chi connectivity index (χ3v) is 4.29. The number of nitrogens with zero attached hydrogens (tertiary/aromatic N) is 1. The standard InChI is InChI=1S/C14H20N2O/c1-16-7-6-11-4-2-3-5-12(11)13(16)14(8-15)9-17-10-14/h2-5,13H,6-10,15H2,1H3. The van der Waals surface area contributed by atoms with Gasteiger partial charge in [0.25, 0.3) is 0 Å². The van der Waals surface area contributed by atoms with Crippen LogP contribution < -0.4 is 5.73 Å². The van der Waals surface area contributed by atoms with E-state index < -0.39 is 0 Å². The molecule has 0 spiro atoms. The van der Waals surface area contributed by atoms with Gasteiger partial charge in [-0.1, -0.05) is 24.3 Å². The van der Waals surface area contributed by atoms with Crippen molar-refractivity contribution in [1.29, 1.82) is 0 Å². The van der Waals surface area contributed by atoms with Crippen molar-refractivity contribution >= 4 is 0 Å². The molecule has 1 fully saturated rings. The molecule has 2 aliphatic rings. The fraction of sp³-hybridized carbons (Fsp3) is 0.571. The smallest absolute Gasteiger partial charge is 0.0575 e. The van der Waals surface area contributed by atoms with Gasteiger partial charge >= 0.3 is 0 Å². The van der Waals surface area contributed by atoms with Crippen LogP contribution >= 0.6 is 0 Å². The highest BCUT2D eigenvalue weighted by Gasteiger charge is 2.48. The van der Waals surface area contributed by atoms with Crippen LogP contribution in [0, 0.1) is 5.41 Å². The fourth-order valence-electron chi connectivity index (χ4n) is 3.24. The van der Waals surface area contributed by atoms with Gasteiger partial charge in [0, 0.05) is 24.5 Å². The van der Waals surface area contributed by atoms with Crippen LogP contribution in [0.1, 0.15) is 17.2 Å². The van der Waals surface area contributed by atoms with Crippen molar-refractivity contribution in [3.8, 4) is 0 Å². The second kappa shape index (κ2) is 4.09. The molecule has 1 unspecified atom stereocenters. The lowest BCUT2D eigenvalue weighted by Crippen LogP contribution is -2.57. The summed E-state index contributed by atoms with van der Waals surface area (Å²) < 4.78 is 5.44. The molecule has 92 valence electrons. The molecule has 3 rings (SSSR count). The van der Waals surface area contributed by atoms with E-state index in [0.29, 0.717) is 12.6 Å². The summed E-state index contributed by atoms with van der Waals surface area (Å²) in [6.07, 6.45) is 1.14. The summed E-state index contributed by atoms with van der Waals surface area (Å²) in [6, 6.07) is 9.19. The third kappa shape index (κ3) is 1.61. The van der Waals surface area contributed by atoms with Crippen molar-refractivity contribution in [1.82, 2.24) is 4.90 Å². The number of ether oxygens (including phenoxy) is 1. The molecule has 0 bridgehead atoms. The Morgan fingerprint density at radius 1 is 1.41 bits per heavy atom. The third-order valence-electron chi connectivity index (χ3n) is 4.29. The van der Waals surface area contributed by atoms with E-state index in [9.17, 15) is 0 Å². The molecular formula is C14H20N2O. The predicted molar refractivity (Wildman–Crippen MR) is 67.8 cm³/mol. The number of nitrogens with two attached hydrogens (primary N) is 1. The lowest BCUT2D eigenvalue weighted by molar-refractivity contribution is -0.150. The Morgan fingerprint density at radius 2 is 2.18 bits per heavy atom. The summed E-state index contributed by atoms with van der Waals surface area (Å²) in [6.45, 7) is 3.42. The van der Waals surface area contributed by atoms with E-state index >= 15 is 0 Å². The molecule has 17 heavy (non-hydrogen) atoms. The molecule has 0 aromatic heterocycles. The minimum atomic E-state index is 0.130. The summed E-state index contributed by atoms with van der Waals surface area (Å²) in [5.74, 6) is 0. The molecule has 2 N–H and O–H groups in total. The van der Waals surface area contributed by atoms with Crippen molar-refractivity contribution in [2.45, 2.75) is 12.5 Å². The normalized spacial score (nSPS) is 27.3. The van der Waals surface area contributed by atoms with Crippen LogP contribution in [0.2, 0.25) is 0 Å². The molecule has 1 atom stereocenters. The topological polar surface area (TPSA) is 38.5 Å². The Kier molecular flexibility index (Phi) is 2.69. The fourth-order valence-corrected chi connectivity index (χ4v) is 3.24. The van der Waals surface area contributed by atoms with Crippen molar-refractivity contribution in [3.05, 3.63) is 35.4 Å². The summed E-state index contributed by atoms with van der Waals surface area (Å²) in [7, 11) is 2.20. The molecule has 0 amide bonds. The highest BCUT2D eigenvalue weighted by Crippen LogP contribution is 2.45. The monoisotopic (exact) mass is 232 g/mol. The van der Waals surface area contributed by atoms with Gasteiger partial charge in [-0.25, -0.2) is 0 Å². The molecule has 2 aliphatic heterocycles. The summed E-state index contributed by atoms with van der Waals surface area (Å²) in [5, 5.41) is 0. The molecule has 0 radical (unpaired) electrons. The van der Waals surface area contributed by atoms with Gasteiger partial charge in [0.05, 0.1) is 13.2 Å². The van der Waals surface area contributed by atoms with Crippen LogP contribution in [0.5, 0.6) is 0 Å². The minimum Gasteiger partial charge on any atom is -0.380 e. The van der Waals surface area contributed by atoms with E-state index in [1.807, 2.05) is 0 Å². The van der Waals surface area contributed by atoms with Crippen molar-refractivity contribution in [2.75, 3.05) is 33.4 Å². The summed E-state index contributed by atoms with van der Waals surface area (Å²) >= 11 is 0. The molecule has 3 heteroatoms. The second-order valence-electron chi connectivity index (χ2n) is 5.39. The van der Waals surface area contributed by atoms with Gasteiger partial charge in [0.1, 0.15) is 0 Å². The van der Waals surface area contributed by atoms with Crippen LogP contribution in [0.4, 0.5) is 0 Å². The lowest BCUT2D eigenvalue weighted by Gasteiger charge is -2.52. The number of likely N-dealkylation sites (N-methyl/N-ethyl adjacent to an activating group) is 1. The molecule has 0 aliphatic carbocycles. The van der Waals surface area contributed by atoms with E-state index in [4.69, 9.17) is 10.5 Å². The molecule has 3 nitrogen and oxygen atoms in total. The zero-order chi connectivity index (χ0) is 11.9. The number of fused-ring (bicyclic) bond motifs is 1. The maximum atomic E-state index is 6.01. The average Bonchev–Trinajstić information content (AvgIpc) is 2.31. The van der Waals surface area contributed by atoms with Gasteiger partial charge in [-0.2, -0.15) is 0 Å². The largest absolute Gasteiger partial charge is 0.380 e. The SMILES string of the molecule is CN1CCc2ccccc2C1C1(CN)COC1. The molecule has 1 aromatic rings. The van der Waals surface area contributed by atoms with Gasteiger partial charge in [0.2, 0.25) is 0 Å². The predicted octanol–water partition coefficient (Wildman–Crippen LogP) is 1.19. The van der Waals surface area contributed by atoms with Crippen LogP contribution in [-0.4, -0.2) is 38.3 Å². The average molecular weight is 232 g/mol. The summed E-state index contributed by atoms with van der Waals surface area (Å²) in [5.41, 5.74) is 9.08. The first-order valence-electron chi connectivity index (χ1n) is 6.33. The molecule has 2 heterocycles. The van der Waals surface area contributed by atoms with Gasteiger partial charge in [-0.3, -0.25) is 4.90 Å². The molecular weight excluding hydrogens is 212 g/mol. The maximum Gasteiger partial charge on any atom is 0.0575 e. The van der Waals surface area contributed by atoms with Gasteiger partial charge in [0.15, 0.2) is 0 Å². The van der Waals surface area contributed by atoms with E-state index in [2.05, 4.69) is 36.2 Å². The minimum absolute atomic E-state index is 0.130. The van der Waals surface area contributed by atoms with Crippen molar-refractivity contribution in [2.24, 2.45) is 11.1 Å². The Balaban J connectivity index is 2.03. The first-order valence-corrected chi connectivity index (χ1v) is 6.33. The van der Waals surface area contributed by atoms with E-state index in [0.717, 1.165) is 26.2 Å². The van der Waals surface area contributed by atoms with E-state index in [-0.39, 0.29) is 5.41 Å². The molecule has 1 aromatic carbocycles. The Hall–Kier alpha value is -0.900. The van der Waals surface area contributed by atoms with Gasteiger partial charge < -0.3 is 10.5 Å². The van der Waals surface area contributed by atoms with Crippen LogP contribution in [0.25, 0.3) is 0 Å². The second-order valence-corrected chi connectivity index (χ2v) is 5.39. The van der Waals surface area contributed by atoms with Gasteiger partial charge in [-0.05, 0) is 24.6 Å². The highest BCUT2D eigenvalue weighted by molar-refractivity contribution is 5.34. The number of hydrogen-bond acceptors (Lipinski definition) is 3. The summed E-state index contributed by atoms with van der Waals surface area (Å²) in [4.78, 5) is 2.44. The highest BCUT2D eigenvalue weighted by atomic mass is 16.5. The van der Waals surface area contributed by atoms with Crippen LogP contribution in [-0.2, 0) is 11.2 Å². The quantitative estimate of drug-likeness (QED) is 0.832. The zero-order valence-electron chi connectivity index (χ0n) is 10.4. The maximum absolute atomic E-state index is 6.01. The number of benzene rings is 1. The van der Waals surface area contributed by atoms with Crippen molar-refractivity contribution < 1.29 is 4.74 Å². The van der Waals surface area contributed by atoms with Crippen LogP contribution in [0.3, 0.4) is 0 Å². The number of rotatable bonds is 2. The van der Waals surface area contributed by atoms with Gasteiger partial charge in [-0.15, -0.1) is 0 Å². The Bertz CT molecular complexity index is 409. The Labute approximate surface area is 103 Å². The Morgan fingerprint density at radius 3 is 2.82 bits per heavy atom. The number of hydrogen-bond donors (Lipinski definition) is 1. The zero-order valence-corrected chi connectivity index (χ0v) is 10.4. The molecule has 0 saturated carbocycles.